The van der Waals surface area contributed by atoms with E-state index in [4.69, 9.17) is 9.47 Å². The molecule has 0 saturated heterocycles. The van der Waals surface area contributed by atoms with Crippen LogP contribution in [0.4, 0.5) is 0 Å². The fourth-order valence-corrected chi connectivity index (χ4v) is 3.87. The van der Waals surface area contributed by atoms with Crippen molar-refractivity contribution >= 4 is 16.7 Å². The number of fused-ring (bicyclic) bond motifs is 1. The van der Waals surface area contributed by atoms with E-state index in [0.29, 0.717) is 24.5 Å². The van der Waals surface area contributed by atoms with Gasteiger partial charge >= 0.3 is 0 Å². The van der Waals surface area contributed by atoms with Gasteiger partial charge in [-0.3, -0.25) is 9.00 Å². The SMILES string of the molecule is CCOc1cc2c(cc1CNC(=O)c1cccc(C[S@](C)=O)c1)O[C@@H](C)C2. The maximum atomic E-state index is 12.6. The van der Waals surface area contributed by atoms with Crippen LogP contribution < -0.4 is 14.8 Å². The summed E-state index contributed by atoms with van der Waals surface area (Å²) in [4.78, 5) is 12.6. The highest BCUT2D eigenvalue weighted by Crippen LogP contribution is 2.35. The largest absolute Gasteiger partial charge is 0.494 e. The van der Waals surface area contributed by atoms with Crippen LogP contribution in [-0.4, -0.2) is 29.1 Å². The maximum absolute atomic E-state index is 12.6. The Hall–Kier alpha value is -2.34. The van der Waals surface area contributed by atoms with Crippen molar-refractivity contribution in [1.29, 1.82) is 0 Å². The van der Waals surface area contributed by atoms with Crippen LogP contribution in [0.25, 0.3) is 0 Å². The van der Waals surface area contributed by atoms with Gasteiger partial charge in [-0.2, -0.15) is 0 Å². The fourth-order valence-electron chi connectivity index (χ4n) is 3.22. The van der Waals surface area contributed by atoms with Gasteiger partial charge in [0.2, 0.25) is 0 Å². The summed E-state index contributed by atoms with van der Waals surface area (Å²) in [5.74, 6) is 1.92. The molecule has 1 amide bonds. The smallest absolute Gasteiger partial charge is 0.251 e. The van der Waals surface area contributed by atoms with Crippen molar-refractivity contribution in [2.45, 2.75) is 38.7 Å². The third-order valence-corrected chi connectivity index (χ3v) is 5.12. The molecule has 0 radical (unpaired) electrons. The van der Waals surface area contributed by atoms with E-state index in [9.17, 15) is 9.00 Å². The molecule has 3 rings (SSSR count). The molecule has 0 saturated carbocycles. The minimum atomic E-state index is -0.942. The minimum Gasteiger partial charge on any atom is -0.494 e. The normalized spacial score (nSPS) is 16.3. The first kappa shape index (κ1) is 19.4. The molecule has 0 aliphatic carbocycles. The second-order valence-electron chi connectivity index (χ2n) is 6.73. The van der Waals surface area contributed by atoms with Crippen molar-refractivity contribution in [2.24, 2.45) is 0 Å². The van der Waals surface area contributed by atoms with Gasteiger partial charge < -0.3 is 14.8 Å². The zero-order valence-electron chi connectivity index (χ0n) is 15.9. The van der Waals surface area contributed by atoms with E-state index in [0.717, 1.165) is 34.6 Å². The number of nitrogens with one attached hydrogen (secondary N) is 1. The van der Waals surface area contributed by atoms with E-state index < -0.39 is 10.8 Å². The summed E-state index contributed by atoms with van der Waals surface area (Å²) in [6.07, 6.45) is 2.68. The Labute approximate surface area is 162 Å². The van der Waals surface area contributed by atoms with Crippen molar-refractivity contribution in [3.63, 3.8) is 0 Å². The summed E-state index contributed by atoms with van der Waals surface area (Å²) in [6.45, 7) is 4.89. The molecule has 2 aromatic carbocycles. The monoisotopic (exact) mass is 387 g/mol. The van der Waals surface area contributed by atoms with Crippen LogP contribution in [0.3, 0.4) is 0 Å². The number of hydrogen-bond acceptors (Lipinski definition) is 4. The Bertz CT molecular complexity index is 865. The molecule has 27 heavy (non-hydrogen) atoms. The topological polar surface area (TPSA) is 64.6 Å². The lowest BCUT2D eigenvalue weighted by molar-refractivity contribution is 0.0950. The first-order valence-corrected chi connectivity index (χ1v) is 10.8. The van der Waals surface area contributed by atoms with Crippen molar-refractivity contribution < 1.29 is 18.5 Å². The Morgan fingerprint density at radius 2 is 2.15 bits per heavy atom. The molecule has 0 bridgehead atoms. The average Bonchev–Trinajstić information content (AvgIpc) is 2.98. The summed E-state index contributed by atoms with van der Waals surface area (Å²) in [5.41, 5.74) is 3.48. The molecule has 5 nitrogen and oxygen atoms in total. The number of hydrogen-bond donors (Lipinski definition) is 1. The highest BCUT2D eigenvalue weighted by atomic mass is 32.2. The van der Waals surface area contributed by atoms with E-state index in [2.05, 4.69) is 5.32 Å². The fraction of sp³-hybridized carbons (Fsp3) is 0.381. The molecule has 1 aliphatic rings. The van der Waals surface area contributed by atoms with Gasteiger partial charge in [0.25, 0.3) is 5.91 Å². The van der Waals surface area contributed by atoms with Crippen LogP contribution in [0.2, 0.25) is 0 Å². The van der Waals surface area contributed by atoms with Gasteiger partial charge in [0.05, 0.1) is 6.61 Å². The van der Waals surface area contributed by atoms with Crippen LogP contribution in [0.5, 0.6) is 11.5 Å². The van der Waals surface area contributed by atoms with Crippen LogP contribution >= 0.6 is 0 Å². The molecular formula is C21H25NO4S. The number of carbonyl (C=O) groups is 1. The second-order valence-corrected chi connectivity index (χ2v) is 8.17. The van der Waals surface area contributed by atoms with Gasteiger partial charge in [-0.15, -0.1) is 0 Å². The van der Waals surface area contributed by atoms with Crippen molar-refractivity contribution in [3.05, 3.63) is 58.7 Å². The summed E-state index contributed by atoms with van der Waals surface area (Å²) < 4.78 is 23.0. The van der Waals surface area contributed by atoms with Crippen LogP contribution in [0.1, 0.15) is 40.9 Å². The number of amides is 1. The lowest BCUT2D eigenvalue weighted by Gasteiger charge is -2.13. The van der Waals surface area contributed by atoms with Crippen molar-refractivity contribution in [2.75, 3.05) is 12.9 Å². The van der Waals surface area contributed by atoms with Crippen molar-refractivity contribution in [3.8, 4) is 11.5 Å². The summed E-state index contributed by atoms with van der Waals surface area (Å²) >= 11 is 0. The number of benzene rings is 2. The number of rotatable bonds is 7. The Morgan fingerprint density at radius 3 is 2.89 bits per heavy atom. The van der Waals surface area contributed by atoms with E-state index in [1.807, 2.05) is 38.1 Å². The van der Waals surface area contributed by atoms with E-state index in [1.165, 1.54) is 0 Å². The van der Waals surface area contributed by atoms with E-state index in [1.54, 1.807) is 18.4 Å². The summed E-state index contributed by atoms with van der Waals surface area (Å²) in [7, 11) is -0.942. The molecule has 0 unspecified atom stereocenters. The Balaban J connectivity index is 1.73. The third-order valence-electron chi connectivity index (χ3n) is 4.38. The zero-order valence-corrected chi connectivity index (χ0v) is 16.7. The molecule has 1 N–H and O–H groups in total. The molecule has 1 aliphatic heterocycles. The van der Waals surface area contributed by atoms with E-state index >= 15 is 0 Å². The molecule has 1 heterocycles. The molecule has 0 aromatic heterocycles. The van der Waals surface area contributed by atoms with Gasteiger partial charge in [0.1, 0.15) is 17.6 Å². The lowest BCUT2D eigenvalue weighted by Crippen LogP contribution is -2.23. The highest BCUT2D eigenvalue weighted by molar-refractivity contribution is 7.83. The molecule has 0 fully saturated rings. The molecule has 144 valence electrons. The standard InChI is InChI=1S/C21H25NO4S/c1-4-25-19-10-17-8-14(2)26-20(17)11-18(19)12-22-21(23)16-7-5-6-15(9-16)13-27(3)24/h5-7,9-11,14H,4,8,12-13H2,1-3H3,(H,22,23)/t14-,27-/m0/s1. The van der Waals surface area contributed by atoms with E-state index in [-0.39, 0.29) is 12.0 Å². The van der Waals surface area contributed by atoms with Gasteiger partial charge in [0.15, 0.2) is 0 Å². The molecule has 0 spiro atoms. The third kappa shape index (κ3) is 4.89. The maximum Gasteiger partial charge on any atom is 0.251 e. The van der Waals surface area contributed by atoms with Gasteiger partial charge in [-0.25, -0.2) is 0 Å². The summed E-state index contributed by atoms with van der Waals surface area (Å²) in [5, 5.41) is 2.95. The minimum absolute atomic E-state index is 0.158. The quantitative estimate of drug-likeness (QED) is 0.792. The first-order valence-electron chi connectivity index (χ1n) is 9.08. The molecular weight excluding hydrogens is 362 g/mol. The predicted molar refractivity (Wildman–Crippen MR) is 107 cm³/mol. The zero-order chi connectivity index (χ0) is 19.4. The number of carbonyl (C=O) groups excluding carboxylic acids is 1. The highest BCUT2D eigenvalue weighted by Gasteiger charge is 2.22. The second kappa shape index (κ2) is 8.57. The summed E-state index contributed by atoms with van der Waals surface area (Å²) in [6, 6.07) is 11.2. The van der Waals surface area contributed by atoms with Gasteiger partial charge in [0, 0.05) is 52.5 Å². The number of ether oxygens (including phenoxy) is 2. The lowest BCUT2D eigenvalue weighted by atomic mass is 10.1. The predicted octanol–water partition coefficient (Wildman–Crippen LogP) is 3.22. The molecule has 2 atom stereocenters. The average molecular weight is 388 g/mol. The van der Waals surface area contributed by atoms with Gasteiger partial charge in [-0.05, 0) is 43.7 Å². The first-order chi connectivity index (χ1) is 13.0. The van der Waals surface area contributed by atoms with Crippen LogP contribution in [0.15, 0.2) is 36.4 Å². The van der Waals surface area contributed by atoms with Crippen LogP contribution in [-0.2, 0) is 29.5 Å². The van der Waals surface area contributed by atoms with Crippen molar-refractivity contribution in [1.82, 2.24) is 5.32 Å². The Morgan fingerprint density at radius 1 is 1.33 bits per heavy atom. The molecule has 6 heteroatoms. The molecule has 2 aromatic rings. The van der Waals surface area contributed by atoms with Gasteiger partial charge in [-0.1, -0.05) is 12.1 Å². The Kier molecular flexibility index (Phi) is 6.16. The van der Waals surface area contributed by atoms with Crippen LogP contribution in [0, 0.1) is 0 Å².